The van der Waals surface area contributed by atoms with E-state index < -0.39 is 0 Å². The highest BCUT2D eigenvalue weighted by atomic mass is 14.8. The molecule has 5 aromatic carbocycles. The van der Waals surface area contributed by atoms with Gasteiger partial charge in [0.25, 0.3) is 0 Å². The number of aromatic amines is 5. The van der Waals surface area contributed by atoms with Gasteiger partial charge in [-0.05, 0) is 143 Å². The van der Waals surface area contributed by atoms with Crippen LogP contribution in [0.2, 0.25) is 0 Å². The lowest BCUT2D eigenvalue weighted by molar-refractivity contribution is 1.30. The number of aliphatic imine (C=N–C) groups is 1. The zero-order valence-electron chi connectivity index (χ0n) is 42.5. The Kier molecular flexibility index (Phi) is 11.0. The van der Waals surface area contributed by atoms with Crippen LogP contribution in [0.1, 0.15) is 39.7 Å². The molecule has 0 atom stereocenters. The molecule has 9 nitrogen and oxygen atoms in total. The number of hydrogen-bond donors (Lipinski definition) is 5. The lowest BCUT2D eigenvalue weighted by Gasteiger charge is -2.06. The number of H-pyrrole nitrogens is 5. The molecule has 9 heteroatoms. The van der Waals surface area contributed by atoms with E-state index in [0.717, 1.165) is 156 Å². The molecule has 0 unspecified atom stereocenters. The highest BCUT2D eigenvalue weighted by Crippen LogP contribution is 2.38. The van der Waals surface area contributed by atoms with Crippen molar-refractivity contribution in [2.45, 2.75) is 0 Å². The molecule has 15 rings (SSSR count). The van der Waals surface area contributed by atoms with Crippen molar-refractivity contribution in [3.05, 3.63) is 252 Å². The van der Waals surface area contributed by atoms with Gasteiger partial charge in [0.1, 0.15) is 0 Å². The van der Waals surface area contributed by atoms with E-state index in [4.69, 9.17) is 19.9 Å². The van der Waals surface area contributed by atoms with E-state index in [0.29, 0.717) is 0 Å². The maximum absolute atomic E-state index is 5.40. The molecule has 0 saturated carbocycles. The van der Waals surface area contributed by atoms with Gasteiger partial charge in [0, 0.05) is 89.2 Å². The monoisotopic (exact) mass is 1010 g/mol. The highest BCUT2D eigenvalue weighted by molar-refractivity contribution is 6.03. The van der Waals surface area contributed by atoms with Crippen molar-refractivity contribution >= 4 is 104 Å². The topological polar surface area (TPSA) is 130 Å². The molecule has 0 aliphatic carbocycles. The van der Waals surface area contributed by atoms with Crippen molar-refractivity contribution in [1.29, 1.82) is 0 Å². The molecule has 0 radical (unpaired) electrons. The van der Waals surface area contributed by atoms with Gasteiger partial charge in [-0.25, -0.2) is 15.0 Å². The molecule has 3 aliphatic heterocycles. The predicted octanol–water partition coefficient (Wildman–Crippen LogP) is 17.8. The number of nitrogens with one attached hydrogen (secondary N) is 5. The van der Waals surface area contributed by atoms with E-state index in [1.807, 2.05) is 24.4 Å². The number of fused-ring (bicyclic) bond motifs is 17. The van der Waals surface area contributed by atoms with Crippen LogP contribution in [-0.2, 0) is 0 Å². The molecule has 0 spiro atoms. The second-order valence-electron chi connectivity index (χ2n) is 19.9. The van der Waals surface area contributed by atoms with Crippen LogP contribution in [-0.4, -0.2) is 46.1 Å². The normalized spacial score (nSPS) is 12.4. The van der Waals surface area contributed by atoms with Gasteiger partial charge in [0.2, 0.25) is 0 Å². The first-order valence-electron chi connectivity index (χ1n) is 26.4. The summed E-state index contributed by atoms with van der Waals surface area (Å²) in [4.78, 5) is 40.0. The van der Waals surface area contributed by atoms with Gasteiger partial charge in [0.15, 0.2) is 0 Å². The van der Waals surface area contributed by atoms with Gasteiger partial charge in [-0.15, -0.1) is 0 Å². The first kappa shape index (κ1) is 45.5. The summed E-state index contributed by atoms with van der Waals surface area (Å²) in [6.07, 6.45) is 14.5. The van der Waals surface area contributed by atoms with Gasteiger partial charge in [-0.1, -0.05) is 133 Å². The van der Waals surface area contributed by atoms with Gasteiger partial charge >= 0.3 is 0 Å². The third kappa shape index (κ3) is 8.39. The highest BCUT2D eigenvalue weighted by Gasteiger charge is 2.18. The molecule has 79 heavy (non-hydrogen) atoms. The molecule has 7 aromatic heterocycles. The van der Waals surface area contributed by atoms with Gasteiger partial charge < -0.3 is 24.9 Å². The van der Waals surface area contributed by atoms with E-state index in [-0.39, 0.29) is 0 Å². The summed E-state index contributed by atoms with van der Waals surface area (Å²) >= 11 is 0. The van der Waals surface area contributed by atoms with Crippen LogP contribution in [0.4, 0.5) is 5.69 Å². The summed E-state index contributed by atoms with van der Waals surface area (Å²) in [5.74, 6) is 0. The standard InChI is InChI=1S/C70H47N9/c1-5-13-43(14-6-1)66-56-27-25-49(72-56)41-50-26-28-57(73-50)67(44-15-7-2-8-16-44)59-34-30-53(75-59)51(52-29-33-58(66)74-52)42-71-48-23-21-47(22-24-48)70-64-39-37-62(78-64)68(45-17-9-3-10-18-45)60-35-31-54(76-60)55-32-36-61(77-55)69(46-19-11-4-12-20-46)63-38-40-65(70)79-63/h1-42,72,75-76,78-79H. The maximum Gasteiger partial charge on any atom is 0.0872 e. The SMILES string of the molecule is C1=Cc2nc1cc1ccc([nH]1)c(-c1ccccc1)c1nc(c(C=Nc3ccc(-c4c5ccc([nH]5)c(-c5ccccc5)c5nc(c6ccc([nH]6)c(-c6ccccc6)c6ccc4[nH]6)C=C5)cc3)c3ccc([nH]3)c2-c2ccccc2)C=C1. The molecule has 3 aliphatic rings. The zero-order chi connectivity index (χ0) is 52.2. The van der Waals surface area contributed by atoms with Crippen LogP contribution in [0, 0.1) is 0 Å². The van der Waals surface area contributed by atoms with Crippen molar-refractivity contribution in [3.8, 4) is 55.6 Å². The lowest BCUT2D eigenvalue weighted by atomic mass is 10.0. The van der Waals surface area contributed by atoms with Gasteiger partial charge in [0.05, 0.1) is 45.4 Å². The first-order valence-corrected chi connectivity index (χ1v) is 26.4. The lowest BCUT2D eigenvalue weighted by Crippen LogP contribution is -1.90. The van der Waals surface area contributed by atoms with Gasteiger partial charge in [-0.3, -0.25) is 4.99 Å². The van der Waals surface area contributed by atoms with Crippen LogP contribution >= 0.6 is 0 Å². The quantitative estimate of drug-likeness (QED) is 0.102. The second kappa shape index (κ2) is 19.0. The fourth-order valence-corrected chi connectivity index (χ4v) is 11.2. The van der Waals surface area contributed by atoms with Crippen LogP contribution in [0.5, 0.6) is 0 Å². The minimum Gasteiger partial charge on any atom is -0.355 e. The Morgan fingerprint density at radius 3 is 1.19 bits per heavy atom. The van der Waals surface area contributed by atoms with E-state index >= 15 is 0 Å². The smallest absolute Gasteiger partial charge is 0.0872 e. The van der Waals surface area contributed by atoms with E-state index in [1.54, 1.807) is 0 Å². The number of rotatable bonds is 7. The fourth-order valence-electron chi connectivity index (χ4n) is 11.2. The van der Waals surface area contributed by atoms with Crippen molar-refractivity contribution < 1.29 is 0 Å². The van der Waals surface area contributed by atoms with Crippen molar-refractivity contribution in [3.63, 3.8) is 0 Å². The molecule has 372 valence electrons. The Balaban J connectivity index is 0.922. The Morgan fingerprint density at radius 1 is 0.278 bits per heavy atom. The Bertz CT molecular complexity index is 4760. The Hall–Kier alpha value is -10.9. The summed E-state index contributed by atoms with van der Waals surface area (Å²) in [5, 5.41) is 0. The first-order chi connectivity index (χ1) is 39.1. The van der Waals surface area contributed by atoms with Crippen LogP contribution in [0.15, 0.2) is 217 Å². The summed E-state index contributed by atoms with van der Waals surface area (Å²) in [7, 11) is 0. The molecule has 10 heterocycles. The van der Waals surface area contributed by atoms with Crippen molar-refractivity contribution in [2.75, 3.05) is 0 Å². The summed E-state index contributed by atoms with van der Waals surface area (Å²) in [6, 6.07) is 73.9. The van der Waals surface area contributed by atoms with Crippen LogP contribution in [0.3, 0.4) is 0 Å². The molecule has 5 N–H and O–H groups in total. The average Bonchev–Trinajstić information content (AvgIpc) is 4.41. The van der Waals surface area contributed by atoms with E-state index in [1.165, 1.54) is 0 Å². The number of hydrogen-bond acceptors (Lipinski definition) is 4. The minimum atomic E-state index is 0.788. The predicted molar refractivity (Wildman–Crippen MR) is 328 cm³/mol. The molecule has 0 saturated heterocycles. The zero-order valence-corrected chi connectivity index (χ0v) is 42.5. The summed E-state index contributed by atoms with van der Waals surface area (Å²) < 4.78 is 0. The average molecular weight is 1010 g/mol. The number of aromatic nitrogens is 8. The maximum atomic E-state index is 5.40. The summed E-state index contributed by atoms with van der Waals surface area (Å²) in [5.41, 5.74) is 26.7. The molecule has 0 amide bonds. The molecular formula is C70H47N9. The Morgan fingerprint density at radius 2 is 0.646 bits per heavy atom. The third-order valence-corrected chi connectivity index (χ3v) is 14.9. The van der Waals surface area contributed by atoms with Crippen molar-refractivity contribution in [1.82, 2.24) is 39.9 Å². The van der Waals surface area contributed by atoms with E-state index in [2.05, 4.69) is 255 Å². The molecule has 16 bridgehead atoms. The summed E-state index contributed by atoms with van der Waals surface area (Å²) in [6.45, 7) is 0. The third-order valence-electron chi connectivity index (χ3n) is 14.9. The second-order valence-corrected chi connectivity index (χ2v) is 19.9. The number of nitrogens with zero attached hydrogens (tertiary/aromatic N) is 4. The minimum absolute atomic E-state index is 0.788. The molecule has 0 fully saturated rings. The van der Waals surface area contributed by atoms with Crippen LogP contribution < -0.4 is 0 Å². The number of benzene rings is 5. The van der Waals surface area contributed by atoms with E-state index in [9.17, 15) is 0 Å². The fraction of sp³-hybridized carbons (Fsp3) is 0. The van der Waals surface area contributed by atoms with Crippen molar-refractivity contribution in [2.24, 2.45) is 4.99 Å². The van der Waals surface area contributed by atoms with Crippen LogP contribution in [0.25, 0.3) is 147 Å². The Labute approximate surface area is 453 Å². The molecular weight excluding hydrogens is 967 g/mol. The molecule has 12 aromatic rings. The largest absolute Gasteiger partial charge is 0.355 e. The van der Waals surface area contributed by atoms with Gasteiger partial charge in [-0.2, -0.15) is 0 Å².